The smallest absolute Gasteiger partial charge is 0.252 e. The van der Waals surface area contributed by atoms with Gasteiger partial charge in [0.15, 0.2) is 0 Å². The van der Waals surface area contributed by atoms with Gasteiger partial charge in [-0.3, -0.25) is 9.78 Å². The predicted octanol–water partition coefficient (Wildman–Crippen LogP) is 2.99. The molecule has 2 rings (SSSR count). The second kappa shape index (κ2) is 7.88. The summed E-state index contributed by atoms with van der Waals surface area (Å²) >= 11 is 0. The molecule has 1 aromatic heterocycles. The van der Waals surface area contributed by atoms with E-state index in [0.717, 1.165) is 12.1 Å². The van der Waals surface area contributed by atoms with Crippen molar-refractivity contribution >= 4 is 5.91 Å². The number of aryl methyl sites for hydroxylation is 2. The highest BCUT2D eigenvalue weighted by Crippen LogP contribution is 2.18. The topological polar surface area (TPSA) is 45.2 Å². The number of benzene rings is 1. The Morgan fingerprint density at radius 1 is 1.17 bits per heavy atom. The number of rotatable bonds is 6. The monoisotopic (exact) mass is 311 g/mol. The highest BCUT2D eigenvalue weighted by atomic mass is 16.1. The number of pyridine rings is 1. The largest absolute Gasteiger partial charge is 0.350 e. The van der Waals surface area contributed by atoms with Crippen molar-refractivity contribution in [2.24, 2.45) is 0 Å². The number of amides is 1. The molecule has 0 aliphatic carbocycles. The van der Waals surface area contributed by atoms with Crippen LogP contribution in [0.4, 0.5) is 0 Å². The maximum absolute atomic E-state index is 12.2. The molecule has 0 aliphatic rings. The van der Waals surface area contributed by atoms with Crippen LogP contribution in [-0.2, 0) is 6.42 Å². The normalized spacial score (nSPS) is 12.2. The van der Waals surface area contributed by atoms with E-state index in [1.807, 2.05) is 27.1 Å². The summed E-state index contributed by atoms with van der Waals surface area (Å²) in [4.78, 5) is 18.5. The van der Waals surface area contributed by atoms with Crippen LogP contribution in [0.1, 0.15) is 40.1 Å². The zero-order valence-electron chi connectivity index (χ0n) is 14.3. The molecule has 0 aliphatic heterocycles. The Morgan fingerprint density at radius 2 is 1.87 bits per heavy atom. The summed E-state index contributed by atoms with van der Waals surface area (Å²) < 4.78 is 0. The Morgan fingerprint density at radius 3 is 2.39 bits per heavy atom. The van der Waals surface area contributed by atoms with Gasteiger partial charge < -0.3 is 10.2 Å². The maximum atomic E-state index is 12.2. The molecule has 1 heterocycles. The summed E-state index contributed by atoms with van der Waals surface area (Å²) in [7, 11) is 4.05. The van der Waals surface area contributed by atoms with E-state index in [2.05, 4.69) is 46.4 Å². The van der Waals surface area contributed by atoms with Gasteiger partial charge in [0.1, 0.15) is 0 Å². The van der Waals surface area contributed by atoms with Crippen LogP contribution in [0.3, 0.4) is 0 Å². The molecule has 0 saturated carbocycles. The average Bonchev–Trinajstić information content (AvgIpc) is 2.55. The first kappa shape index (κ1) is 17.2. The fraction of sp³-hybridized carbons (Fsp3) is 0.368. The first-order valence-electron chi connectivity index (χ1n) is 7.97. The van der Waals surface area contributed by atoms with Crippen molar-refractivity contribution in [2.45, 2.75) is 26.3 Å². The van der Waals surface area contributed by atoms with Crippen LogP contribution in [0, 0.1) is 6.92 Å². The summed E-state index contributed by atoms with van der Waals surface area (Å²) in [6, 6.07) is 12.4. The third-order valence-corrected chi connectivity index (χ3v) is 4.03. The molecule has 1 atom stereocenters. The average molecular weight is 311 g/mol. The van der Waals surface area contributed by atoms with Gasteiger partial charge in [-0.15, -0.1) is 0 Å². The zero-order valence-corrected chi connectivity index (χ0v) is 14.3. The van der Waals surface area contributed by atoms with Crippen molar-refractivity contribution in [3.8, 4) is 0 Å². The SMILES string of the molecule is CCc1ccc(C(CNC(=O)c2ccc(C)nc2)N(C)C)cc1. The van der Waals surface area contributed by atoms with Crippen LogP contribution in [0.2, 0.25) is 0 Å². The molecular formula is C19H25N3O. The standard InChI is InChI=1S/C19H25N3O/c1-5-15-7-10-16(11-8-15)18(22(3)4)13-21-19(23)17-9-6-14(2)20-12-17/h6-12,18H,5,13H2,1-4H3,(H,21,23). The van der Waals surface area contributed by atoms with Gasteiger partial charge in [-0.1, -0.05) is 31.2 Å². The first-order valence-corrected chi connectivity index (χ1v) is 7.97. The summed E-state index contributed by atoms with van der Waals surface area (Å²) in [5, 5.41) is 3.01. The van der Waals surface area contributed by atoms with Crippen LogP contribution in [0.25, 0.3) is 0 Å². The van der Waals surface area contributed by atoms with Gasteiger partial charge >= 0.3 is 0 Å². The summed E-state index contributed by atoms with van der Waals surface area (Å²) in [6.07, 6.45) is 2.65. The number of nitrogens with one attached hydrogen (secondary N) is 1. The molecule has 0 saturated heterocycles. The van der Waals surface area contributed by atoms with E-state index in [0.29, 0.717) is 12.1 Å². The lowest BCUT2D eigenvalue weighted by Gasteiger charge is -2.25. The Kier molecular flexibility index (Phi) is 5.88. The lowest BCUT2D eigenvalue weighted by molar-refractivity contribution is 0.0941. The van der Waals surface area contributed by atoms with Crippen molar-refractivity contribution in [3.05, 3.63) is 65.0 Å². The van der Waals surface area contributed by atoms with Crippen LogP contribution in [0.5, 0.6) is 0 Å². The summed E-state index contributed by atoms with van der Waals surface area (Å²) in [6.45, 7) is 4.61. The number of carbonyl (C=O) groups is 1. The van der Waals surface area contributed by atoms with Crippen molar-refractivity contribution in [3.63, 3.8) is 0 Å². The molecule has 0 fully saturated rings. The van der Waals surface area contributed by atoms with E-state index in [1.54, 1.807) is 12.3 Å². The molecule has 122 valence electrons. The van der Waals surface area contributed by atoms with E-state index in [-0.39, 0.29) is 11.9 Å². The third-order valence-electron chi connectivity index (χ3n) is 4.03. The maximum Gasteiger partial charge on any atom is 0.252 e. The highest BCUT2D eigenvalue weighted by molar-refractivity contribution is 5.93. The van der Waals surface area contributed by atoms with Crippen molar-refractivity contribution in [1.29, 1.82) is 0 Å². The van der Waals surface area contributed by atoms with E-state index < -0.39 is 0 Å². The van der Waals surface area contributed by atoms with Crippen molar-refractivity contribution in [2.75, 3.05) is 20.6 Å². The number of hydrogen-bond acceptors (Lipinski definition) is 3. The molecular weight excluding hydrogens is 286 g/mol. The molecule has 4 heteroatoms. The van der Waals surface area contributed by atoms with Crippen LogP contribution in [0.15, 0.2) is 42.6 Å². The van der Waals surface area contributed by atoms with Crippen LogP contribution in [-0.4, -0.2) is 36.4 Å². The zero-order chi connectivity index (χ0) is 16.8. The van der Waals surface area contributed by atoms with Crippen molar-refractivity contribution < 1.29 is 4.79 Å². The van der Waals surface area contributed by atoms with Crippen LogP contribution >= 0.6 is 0 Å². The molecule has 1 N–H and O–H groups in total. The number of nitrogens with zero attached hydrogens (tertiary/aromatic N) is 2. The summed E-state index contributed by atoms with van der Waals surface area (Å²) in [5.41, 5.74) is 4.02. The molecule has 0 radical (unpaired) electrons. The van der Waals surface area contributed by atoms with Gasteiger partial charge in [0.25, 0.3) is 5.91 Å². The van der Waals surface area contributed by atoms with E-state index in [9.17, 15) is 4.79 Å². The fourth-order valence-electron chi connectivity index (χ4n) is 2.47. The molecule has 23 heavy (non-hydrogen) atoms. The van der Waals surface area contributed by atoms with Gasteiger partial charge in [0, 0.05) is 18.4 Å². The van der Waals surface area contributed by atoms with E-state index in [1.165, 1.54) is 11.1 Å². The lowest BCUT2D eigenvalue weighted by atomic mass is 10.0. The Hall–Kier alpha value is -2.20. The number of likely N-dealkylation sites (N-methyl/N-ethyl adjacent to an activating group) is 1. The van der Waals surface area contributed by atoms with Crippen molar-refractivity contribution in [1.82, 2.24) is 15.2 Å². The van der Waals surface area contributed by atoms with Gasteiger partial charge in [-0.2, -0.15) is 0 Å². The van der Waals surface area contributed by atoms with E-state index in [4.69, 9.17) is 0 Å². The first-order chi connectivity index (χ1) is 11.0. The minimum Gasteiger partial charge on any atom is -0.350 e. The van der Waals surface area contributed by atoms with Gasteiger partial charge in [0.05, 0.1) is 11.6 Å². The predicted molar refractivity (Wildman–Crippen MR) is 93.6 cm³/mol. The third kappa shape index (κ3) is 4.63. The molecule has 1 aromatic carbocycles. The second-order valence-corrected chi connectivity index (χ2v) is 5.97. The molecule has 1 unspecified atom stereocenters. The Balaban J connectivity index is 2.04. The highest BCUT2D eigenvalue weighted by Gasteiger charge is 2.16. The lowest BCUT2D eigenvalue weighted by Crippen LogP contribution is -2.34. The van der Waals surface area contributed by atoms with Crippen LogP contribution < -0.4 is 5.32 Å². The van der Waals surface area contributed by atoms with E-state index >= 15 is 0 Å². The number of carbonyl (C=O) groups excluding carboxylic acids is 1. The fourth-order valence-corrected chi connectivity index (χ4v) is 2.47. The molecule has 0 bridgehead atoms. The minimum atomic E-state index is -0.0884. The second-order valence-electron chi connectivity index (χ2n) is 5.97. The molecule has 2 aromatic rings. The quantitative estimate of drug-likeness (QED) is 0.892. The molecule has 0 spiro atoms. The Bertz CT molecular complexity index is 633. The summed E-state index contributed by atoms with van der Waals surface area (Å²) in [5.74, 6) is -0.0884. The van der Waals surface area contributed by atoms with Gasteiger partial charge in [0.2, 0.25) is 0 Å². The molecule has 1 amide bonds. The minimum absolute atomic E-state index is 0.0884. The Labute approximate surface area is 138 Å². The van der Waals surface area contributed by atoms with Gasteiger partial charge in [-0.25, -0.2) is 0 Å². The number of hydrogen-bond donors (Lipinski definition) is 1. The van der Waals surface area contributed by atoms with Gasteiger partial charge in [-0.05, 0) is 50.7 Å². The number of aromatic nitrogens is 1. The molecule has 4 nitrogen and oxygen atoms in total.